The minimum atomic E-state index is -0.213. The second-order valence-electron chi connectivity index (χ2n) is 6.08. The van der Waals surface area contributed by atoms with Crippen LogP contribution in [0.15, 0.2) is 60.9 Å². The Hall–Kier alpha value is -3.45. The molecule has 1 aliphatic rings. The number of carbonyl (C=O) groups is 1. The summed E-state index contributed by atoms with van der Waals surface area (Å²) in [5.41, 5.74) is 2.31. The van der Waals surface area contributed by atoms with Crippen molar-refractivity contribution in [1.29, 1.82) is 0 Å². The van der Waals surface area contributed by atoms with Crippen LogP contribution < -0.4 is 15.0 Å². The number of hydrogen-bond acceptors (Lipinski definition) is 5. The molecule has 3 aromatic heterocycles. The van der Waals surface area contributed by atoms with E-state index in [9.17, 15) is 4.79 Å². The molecule has 0 fully saturated rings. The maximum Gasteiger partial charge on any atom is 0.331 e. The molecule has 27 heavy (non-hydrogen) atoms. The van der Waals surface area contributed by atoms with Crippen molar-refractivity contribution in [2.24, 2.45) is 0 Å². The van der Waals surface area contributed by atoms with Crippen LogP contribution >= 0.6 is 11.3 Å². The molecule has 4 aromatic rings. The molecule has 0 aliphatic carbocycles. The minimum Gasteiger partial charge on any atom is -0.439 e. The number of amides is 2. The molecule has 7 heteroatoms. The molecular weight excluding hydrogens is 360 g/mol. The summed E-state index contributed by atoms with van der Waals surface area (Å²) < 4.78 is 5.73. The first-order valence-electron chi connectivity index (χ1n) is 8.39. The lowest BCUT2D eigenvalue weighted by Gasteiger charge is -2.28. The first-order valence-corrected chi connectivity index (χ1v) is 9.20. The number of nitrogens with one attached hydrogen (secondary N) is 1. The number of aromatic nitrogens is 2. The van der Waals surface area contributed by atoms with Gasteiger partial charge in [0.1, 0.15) is 10.6 Å². The van der Waals surface area contributed by atoms with Crippen LogP contribution in [-0.4, -0.2) is 16.0 Å². The van der Waals surface area contributed by atoms with E-state index in [0.29, 0.717) is 17.3 Å². The smallest absolute Gasteiger partial charge is 0.331 e. The van der Waals surface area contributed by atoms with Gasteiger partial charge in [0.15, 0.2) is 0 Å². The number of ether oxygens (including phenoxy) is 1. The molecule has 6 nitrogen and oxygen atoms in total. The van der Waals surface area contributed by atoms with Crippen LogP contribution in [0.1, 0.15) is 4.88 Å². The van der Waals surface area contributed by atoms with Gasteiger partial charge in [-0.1, -0.05) is 18.2 Å². The molecule has 0 spiro atoms. The normalized spacial score (nSPS) is 12.9. The first kappa shape index (κ1) is 15.8. The third-order valence-electron chi connectivity index (χ3n) is 4.37. The van der Waals surface area contributed by atoms with Gasteiger partial charge in [-0.3, -0.25) is 4.90 Å². The van der Waals surface area contributed by atoms with Crippen LogP contribution in [0.4, 0.5) is 21.9 Å². The highest BCUT2D eigenvalue weighted by atomic mass is 32.1. The lowest BCUT2D eigenvalue weighted by molar-refractivity contribution is 0.259. The number of nitrogens with zero attached hydrogens (tertiary/aromatic N) is 3. The van der Waals surface area contributed by atoms with E-state index in [-0.39, 0.29) is 6.03 Å². The number of anilines is 3. The summed E-state index contributed by atoms with van der Waals surface area (Å²) in [7, 11) is 0. The van der Waals surface area contributed by atoms with Crippen molar-refractivity contribution in [3.8, 4) is 11.6 Å². The number of carbonyl (C=O) groups excluding carboxylic acids is 1. The number of hydrogen-bond donors (Lipinski definition) is 1. The average Bonchev–Trinajstić information content (AvgIpc) is 3.00. The molecule has 0 atom stereocenters. The lowest BCUT2D eigenvalue weighted by Crippen LogP contribution is -2.33. The largest absolute Gasteiger partial charge is 0.439 e. The van der Waals surface area contributed by atoms with Gasteiger partial charge in [-0.2, -0.15) is 0 Å². The van der Waals surface area contributed by atoms with Crippen molar-refractivity contribution in [2.75, 3.05) is 10.2 Å². The predicted octanol–water partition coefficient (Wildman–Crippen LogP) is 5.48. The fraction of sp³-hybridized carbons (Fsp3) is 0.0500. The van der Waals surface area contributed by atoms with E-state index in [1.54, 1.807) is 34.7 Å². The molecular formula is C20H14N4O2S. The number of rotatable bonds is 3. The lowest BCUT2D eigenvalue weighted by atomic mass is 10.1. The van der Waals surface area contributed by atoms with Gasteiger partial charge >= 0.3 is 6.03 Å². The van der Waals surface area contributed by atoms with Gasteiger partial charge in [-0.15, -0.1) is 11.3 Å². The fourth-order valence-corrected chi connectivity index (χ4v) is 4.12. The zero-order chi connectivity index (χ0) is 18.4. The van der Waals surface area contributed by atoms with E-state index in [1.165, 1.54) is 0 Å². The highest BCUT2D eigenvalue weighted by Gasteiger charge is 2.29. The number of thiophene rings is 1. The Morgan fingerprint density at radius 2 is 1.93 bits per heavy atom. The minimum absolute atomic E-state index is 0.213. The van der Waals surface area contributed by atoms with E-state index in [1.807, 2.05) is 49.4 Å². The maximum absolute atomic E-state index is 12.8. The first-order chi connectivity index (χ1) is 13.2. The van der Waals surface area contributed by atoms with Crippen LogP contribution in [0.2, 0.25) is 0 Å². The molecule has 5 rings (SSSR count). The monoisotopic (exact) mass is 374 g/mol. The van der Waals surface area contributed by atoms with E-state index in [2.05, 4.69) is 15.3 Å². The number of pyridine rings is 2. The van der Waals surface area contributed by atoms with Crippen molar-refractivity contribution in [3.63, 3.8) is 0 Å². The van der Waals surface area contributed by atoms with Crippen LogP contribution in [0, 0.1) is 6.92 Å². The number of benzene rings is 1. The summed E-state index contributed by atoms with van der Waals surface area (Å²) in [6.07, 6.45) is 3.36. The molecule has 1 aromatic carbocycles. The summed E-state index contributed by atoms with van der Waals surface area (Å²) in [6, 6.07) is 14.7. The summed E-state index contributed by atoms with van der Waals surface area (Å²) >= 11 is 1.57. The van der Waals surface area contributed by atoms with Gasteiger partial charge in [0, 0.05) is 17.1 Å². The second-order valence-corrected chi connectivity index (χ2v) is 7.28. The van der Waals surface area contributed by atoms with Gasteiger partial charge in [0.25, 0.3) is 0 Å². The van der Waals surface area contributed by atoms with Crippen molar-refractivity contribution in [3.05, 3.63) is 65.8 Å². The Labute approximate surface area is 159 Å². The third kappa shape index (κ3) is 2.60. The average molecular weight is 374 g/mol. The molecule has 0 unspecified atom stereocenters. The molecule has 4 heterocycles. The van der Waals surface area contributed by atoms with Crippen molar-refractivity contribution in [2.45, 2.75) is 6.92 Å². The van der Waals surface area contributed by atoms with E-state index < -0.39 is 0 Å². The molecule has 2 amide bonds. The summed E-state index contributed by atoms with van der Waals surface area (Å²) in [6.45, 7) is 1.98. The van der Waals surface area contributed by atoms with Gasteiger partial charge in [0.2, 0.25) is 5.88 Å². The van der Waals surface area contributed by atoms with Gasteiger partial charge in [-0.05, 0) is 31.2 Å². The molecule has 1 aliphatic heterocycles. The highest BCUT2D eigenvalue weighted by Crippen LogP contribution is 2.45. The second kappa shape index (κ2) is 6.07. The Morgan fingerprint density at radius 1 is 1.07 bits per heavy atom. The Balaban J connectivity index is 1.53. The number of aryl methyl sites for hydroxylation is 1. The van der Waals surface area contributed by atoms with Crippen LogP contribution in [0.5, 0.6) is 11.6 Å². The highest BCUT2D eigenvalue weighted by molar-refractivity contribution is 7.19. The van der Waals surface area contributed by atoms with E-state index in [0.717, 1.165) is 26.5 Å². The molecule has 0 bridgehead atoms. The molecule has 0 radical (unpaired) electrons. The van der Waals surface area contributed by atoms with Gasteiger partial charge < -0.3 is 10.1 Å². The molecule has 1 N–H and O–H groups in total. The summed E-state index contributed by atoms with van der Waals surface area (Å²) in [5.74, 6) is 1.18. The molecule has 0 saturated heterocycles. The van der Waals surface area contributed by atoms with Gasteiger partial charge in [0.05, 0.1) is 28.6 Å². The Bertz CT molecular complexity index is 1160. The zero-order valence-corrected chi connectivity index (χ0v) is 15.2. The number of para-hydroxylation sites is 1. The number of urea groups is 1. The topological polar surface area (TPSA) is 67.4 Å². The SMILES string of the molecule is Cc1sc2nccc3c2c1NC(=O)N3c1ccc(Oc2ccccc2)nc1. The van der Waals surface area contributed by atoms with Gasteiger partial charge in [-0.25, -0.2) is 14.8 Å². The van der Waals surface area contributed by atoms with Crippen LogP contribution in [0.25, 0.3) is 10.2 Å². The van der Waals surface area contributed by atoms with Crippen molar-refractivity contribution < 1.29 is 9.53 Å². The van der Waals surface area contributed by atoms with E-state index >= 15 is 0 Å². The summed E-state index contributed by atoms with van der Waals surface area (Å²) in [4.78, 5) is 25.1. The third-order valence-corrected chi connectivity index (χ3v) is 5.38. The molecule has 0 saturated carbocycles. The quantitative estimate of drug-likeness (QED) is 0.516. The Kier molecular flexibility index (Phi) is 3.54. The van der Waals surface area contributed by atoms with Crippen LogP contribution in [-0.2, 0) is 0 Å². The maximum atomic E-state index is 12.8. The standard InChI is InChI=1S/C20H14N4O2S/c1-12-18-17-15(9-10-21-19(17)27-12)24(20(25)23-18)13-7-8-16(22-11-13)26-14-5-3-2-4-6-14/h2-11H,1H3,(H,23,25). The summed E-state index contributed by atoms with van der Waals surface area (Å²) in [5, 5.41) is 3.94. The van der Waals surface area contributed by atoms with Crippen molar-refractivity contribution in [1.82, 2.24) is 9.97 Å². The predicted molar refractivity (Wildman–Crippen MR) is 106 cm³/mol. The van der Waals surface area contributed by atoms with Crippen LogP contribution in [0.3, 0.4) is 0 Å². The molecule has 132 valence electrons. The zero-order valence-electron chi connectivity index (χ0n) is 14.3. The Morgan fingerprint density at radius 3 is 2.70 bits per heavy atom. The fourth-order valence-electron chi connectivity index (χ4n) is 3.16. The van der Waals surface area contributed by atoms with Crippen molar-refractivity contribution >= 4 is 44.6 Å². The van der Waals surface area contributed by atoms with E-state index in [4.69, 9.17) is 4.74 Å².